The number of fused-ring (bicyclic) bond motifs is 1. The lowest BCUT2D eigenvalue weighted by atomic mass is 10.1. The van der Waals surface area contributed by atoms with Crippen LogP contribution in [0, 0.1) is 0 Å². The minimum atomic E-state index is -0.769. The zero-order chi connectivity index (χ0) is 13.1. The SMILES string of the molecule is CCOC(=O)C(Cl)Cc1c(Cl)ccc2nsnc12. The van der Waals surface area contributed by atoms with Crippen LogP contribution in [0.15, 0.2) is 12.1 Å². The molecule has 0 radical (unpaired) electrons. The summed E-state index contributed by atoms with van der Waals surface area (Å²) in [6.45, 7) is 2.04. The first-order valence-electron chi connectivity index (χ1n) is 5.33. The number of alkyl halides is 1. The normalized spacial score (nSPS) is 12.6. The fourth-order valence-corrected chi connectivity index (χ4v) is 2.58. The predicted molar refractivity (Wildman–Crippen MR) is 72.4 cm³/mol. The first-order valence-corrected chi connectivity index (χ1v) is 6.88. The highest BCUT2D eigenvalue weighted by molar-refractivity contribution is 7.00. The van der Waals surface area contributed by atoms with Crippen LogP contribution in [0.1, 0.15) is 12.5 Å². The van der Waals surface area contributed by atoms with E-state index in [0.717, 1.165) is 22.8 Å². The fourth-order valence-electron chi connectivity index (χ4n) is 1.57. The number of carbonyl (C=O) groups excluding carboxylic acids is 1. The molecule has 96 valence electrons. The van der Waals surface area contributed by atoms with E-state index in [-0.39, 0.29) is 6.42 Å². The molecular formula is C11H10Cl2N2O2S. The number of hydrogen-bond donors (Lipinski definition) is 0. The van der Waals surface area contributed by atoms with Gasteiger partial charge in [-0.3, -0.25) is 4.79 Å². The maximum Gasteiger partial charge on any atom is 0.324 e. The van der Waals surface area contributed by atoms with Crippen LogP contribution in [0.2, 0.25) is 5.02 Å². The Balaban J connectivity index is 2.28. The number of hydrogen-bond acceptors (Lipinski definition) is 5. The van der Waals surface area contributed by atoms with Crippen LogP contribution in [0.5, 0.6) is 0 Å². The molecule has 4 nitrogen and oxygen atoms in total. The van der Waals surface area contributed by atoms with E-state index in [4.69, 9.17) is 27.9 Å². The van der Waals surface area contributed by atoms with E-state index in [0.29, 0.717) is 17.1 Å². The van der Waals surface area contributed by atoms with Crippen molar-refractivity contribution in [2.45, 2.75) is 18.7 Å². The van der Waals surface area contributed by atoms with Crippen LogP contribution < -0.4 is 0 Å². The molecule has 18 heavy (non-hydrogen) atoms. The molecule has 0 aliphatic heterocycles. The Labute approximate surface area is 118 Å². The molecule has 0 spiro atoms. The Hall–Kier alpha value is -0.910. The number of benzene rings is 1. The summed E-state index contributed by atoms with van der Waals surface area (Å²) in [6.07, 6.45) is 0.280. The van der Waals surface area contributed by atoms with Gasteiger partial charge in [-0.15, -0.1) is 11.6 Å². The van der Waals surface area contributed by atoms with Gasteiger partial charge in [0.05, 0.1) is 18.3 Å². The average Bonchev–Trinajstić information content (AvgIpc) is 2.81. The van der Waals surface area contributed by atoms with Crippen molar-refractivity contribution in [1.29, 1.82) is 0 Å². The summed E-state index contributed by atoms with van der Waals surface area (Å²) in [5.74, 6) is -0.449. The first kappa shape index (κ1) is 13.5. The van der Waals surface area contributed by atoms with Crippen molar-refractivity contribution < 1.29 is 9.53 Å². The Bertz CT molecular complexity index is 573. The average molecular weight is 305 g/mol. The largest absolute Gasteiger partial charge is 0.465 e. The Kier molecular flexibility index (Phi) is 4.37. The lowest BCUT2D eigenvalue weighted by molar-refractivity contribution is -0.142. The van der Waals surface area contributed by atoms with Crippen LogP contribution in [-0.2, 0) is 16.0 Å². The van der Waals surface area contributed by atoms with Crippen molar-refractivity contribution in [3.8, 4) is 0 Å². The maximum atomic E-state index is 11.5. The molecule has 0 bridgehead atoms. The summed E-state index contributed by atoms with van der Waals surface area (Å²) in [4.78, 5) is 11.5. The number of esters is 1. The molecule has 0 saturated carbocycles. The van der Waals surface area contributed by atoms with Gasteiger partial charge in [0.1, 0.15) is 16.4 Å². The molecule has 7 heteroatoms. The molecule has 0 amide bonds. The minimum absolute atomic E-state index is 0.280. The van der Waals surface area contributed by atoms with Crippen molar-refractivity contribution in [1.82, 2.24) is 8.75 Å². The number of ether oxygens (including phenoxy) is 1. The van der Waals surface area contributed by atoms with Crippen molar-refractivity contribution in [3.63, 3.8) is 0 Å². The van der Waals surface area contributed by atoms with Crippen molar-refractivity contribution in [2.75, 3.05) is 6.61 Å². The van der Waals surface area contributed by atoms with Crippen LogP contribution in [0.4, 0.5) is 0 Å². The number of carbonyl (C=O) groups is 1. The molecule has 2 rings (SSSR count). The number of rotatable bonds is 4. The van der Waals surface area contributed by atoms with Crippen LogP contribution >= 0.6 is 34.9 Å². The Morgan fingerprint density at radius 2 is 2.28 bits per heavy atom. The minimum Gasteiger partial charge on any atom is -0.465 e. The molecule has 1 heterocycles. The zero-order valence-electron chi connectivity index (χ0n) is 9.52. The molecule has 0 fully saturated rings. The molecular weight excluding hydrogens is 295 g/mol. The maximum absolute atomic E-state index is 11.5. The van der Waals surface area contributed by atoms with Crippen LogP contribution in [-0.4, -0.2) is 26.7 Å². The van der Waals surface area contributed by atoms with E-state index in [2.05, 4.69) is 8.75 Å². The van der Waals surface area contributed by atoms with Gasteiger partial charge in [0.15, 0.2) is 0 Å². The van der Waals surface area contributed by atoms with Gasteiger partial charge in [-0.05, 0) is 19.1 Å². The molecule has 1 aromatic carbocycles. The molecule has 0 N–H and O–H groups in total. The van der Waals surface area contributed by atoms with Gasteiger partial charge >= 0.3 is 5.97 Å². The predicted octanol–water partition coefficient (Wildman–Crippen LogP) is 3.06. The Morgan fingerprint density at radius 3 is 3.00 bits per heavy atom. The highest BCUT2D eigenvalue weighted by Gasteiger charge is 2.21. The van der Waals surface area contributed by atoms with Gasteiger partial charge in [0, 0.05) is 17.0 Å². The van der Waals surface area contributed by atoms with Gasteiger partial charge in [0.25, 0.3) is 0 Å². The lowest BCUT2D eigenvalue weighted by Gasteiger charge is -2.10. The topological polar surface area (TPSA) is 52.1 Å². The number of halogens is 2. The number of aromatic nitrogens is 2. The summed E-state index contributed by atoms with van der Waals surface area (Å²) < 4.78 is 13.2. The summed E-state index contributed by atoms with van der Waals surface area (Å²) in [6, 6.07) is 3.52. The number of nitrogens with zero attached hydrogens (tertiary/aromatic N) is 2. The van der Waals surface area contributed by atoms with Crippen molar-refractivity contribution in [2.24, 2.45) is 0 Å². The second-order valence-corrected chi connectivity index (χ2v) is 5.04. The van der Waals surface area contributed by atoms with Crippen molar-refractivity contribution in [3.05, 3.63) is 22.7 Å². The van der Waals surface area contributed by atoms with Gasteiger partial charge in [-0.1, -0.05) is 11.6 Å². The highest BCUT2D eigenvalue weighted by Crippen LogP contribution is 2.27. The molecule has 2 aromatic rings. The monoisotopic (exact) mass is 304 g/mol. The van der Waals surface area contributed by atoms with Crippen LogP contribution in [0.3, 0.4) is 0 Å². The van der Waals surface area contributed by atoms with E-state index in [1.165, 1.54) is 0 Å². The molecule has 1 atom stereocenters. The standard InChI is InChI=1S/C11H10Cl2N2O2S/c1-2-17-11(16)8(13)5-6-7(12)3-4-9-10(6)15-18-14-9/h3-4,8H,2,5H2,1H3. The van der Waals surface area contributed by atoms with Crippen molar-refractivity contribution >= 4 is 51.9 Å². The quantitative estimate of drug-likeness (QED) is 0.643. The summed E-state index contributed by atoms with van der Waals surface area (Å²) in [5.41, 5.74) is 2.19. The van der Waals surface area contributed by atoms with Gasteiger partial charge < -0.3 is 4.74 Å². The third-order valence-corrected chi connectivity index (χ3v) is 3.63. The lowest BCUT2D eigenvalue weighted by Crippen LogP contribution is -2.20. The van der Waals surface area contributed by atoms with E-state index in [1.807, 2.05) is 0 Å². The van der Waals surface area contributed by atoms with E-state index in [9.17, 15) is 4.79 Å². The van der Waals surface area contributed by atoms with Gasteiger partial charge in [-0.25, -0.2) is 0 Å². The second kappa shape index (κ2) is 5.82. The Morgan fingerprint density at radius 1 is 1.50 bits per heavy atom. The summed E-state index contributed by atoms with van der Waals surface area (Å²) in [7, 11) is 0. The van der Waals surface area contributed by atoms with Crippen LogP contribution in [0.25, 0.3) is 11.0 Å². The second-order valence-electron chi connectivity index (χ2n) is 3.58. The fraction of sp³-hybridized carbons (Fsp3) is 0.364. The molecule has 0 aliphatic carbocycles. The third-order valence-electron chi connectivity index (χ3n) is 2.40. The molecule has 1 aromatic heterocycles. The van der Waals surface area contributed by atoms with Gasteiger partial charge in [-0.2, -0.15) is 8.75 Å². The van der Waals surface area contributed by atoms with E-state index >= 15 is 0 Å². The molecule has 1 unspecified atom stereocenters. The first-order chi connectivity index (χ1) is 8.63. The highest BCUT2D eigenvalue weighted by atomic mass is 35.5. The van der Waals surface area contributed by atoms with E-state index < -0.39 is 11.3 Å². The molecule has 0 aliphatic rings. The summed E-state index contributed by atoms with van der Waals surface area (Å²) in [5, 5.41) is -0.236. The summed E-state index contributed by atoms with van der Waals surface area (Å²) >= 11 is 13.2. The van der Waals surface area contributed by atoms with E-state index in [1.54, 1.807) is 19.1 Å². The van der Waals surface area contributed by atoms with Gasteiger partial charge in [0.2, 0.25) is 0 Å². The molecule has 0 saturated heterocycles. The zero-order valence-corrected chi connectivity index (χ0v) is 11.8. The third kappa shape index (κ3) is 2.74. The smallest absolute Gasteiger partial charge is 0.324 e.